The molecule has 0 bridgehead atoms. The second-order valence-corrected chi connectivity index (χ2v) is 3.27. The van der Waals surface area contributed by atoms with Crippen LogP contribution in [0.1, 0.15) is 20.8 Å². The minimum absolute atomic E-state index is 0.543. The number of hydrogen-bond donors (Lipinski definition) is 1. The van der Waals surface area contributed by atoms with Crippen LogP contribution >= 0.6 is 0 Å². The minimum Gasteiger partial charge on any atom is -0.457 e. The lowest BCUT2D eigenvalue weighted by molar-refractivity contribution is -0.148. The summed E-state index contributed by atoms with van der Waals surface area (Å²) in [7, 11) is 0. The number of carbonyl (C=O) groups is 2. The molecule has 0 saturated heterocycles. The van der Waals surface area contributed by atoms with Crippen LogP contribution in [0.25, 0.3) is 0 Å². The molecule has 0 aliphatic carbocycles. The van der Waals surface area contributed by atoms with Crippen molar-refractivity contribution in [2.45, 2.75) is 26.4 Å². The Morgan fingerprint density at radius 3 is 2.08 bits per heavy atom. The highest BCUT2D eigenvalue weighted by molar-refractivity contribution is 5.93. The van der Waals surface area contributed by atoms with Crippen molar-refractivity contribution in [3.05, 3.63) is 12.2 Å². The molecule has 0 aliphatic heterocycles. The van der Waals surface area contributed by atoms with Crippen LogP contribution in [-0.4, -0.2) is 17.5 Å². The van der Waals surface area contributed by atoms with Gasteiger partial charge in [-0.2, -0.15) is 0 Å². The van der Waals surface area contributed by atoms with Crippen molar-refractivity contribution in [1.29, 1.82) is 0 Å². The van der Waals surface area contributed by atoms with Gasteiger partial charge in [0.2, 0.25) is 5.91 Å². The fourth-order valence-electron chi connectivity index (χ4n) is 0.486. The highest BCUT2D eigenvalue weighted by Crippen LogP contribution is 2.06. The van der Waals surface area contributed by atoms with Crippen molar-refractivity contribution in [1.82, 2.24) is 0 Å². The second kappa shape index (κ2) is 3.90. The normalized spacial score (nSPS) is 11.6. The molecule has 0 fully saturated rings. The number of carbonyl (C=O) groups excluding carboxylic acids is 2. The van der Waals surface area contributed by atoms with Crippen molar-refractivity contribution < 1.29 is 14.3 Å². The van der Waals surface area contributed by atoms with Crippen LogP contribution in [0.3, 0.4) is 0 Å². The maximum Gasteiger partial charge on any atom is 0.331 e. The third-order valence-corrected chi connectivity index (χ3v) is 0.790. The average molecular weight is 171 g/mol. The van der Waals surface area contributed by atoms with Crippen LogP contribution in [-0.2, 0) is 14.3 Å². The summed E-state index contributed by atoms with van der Waals surface area (Å²) in [5.41, 5.74) is 4.23. The van der Waals surface area contributed by atoms with Gasteiger partial charge < -0.3 is 10.5 Å². The molecule has 1 amide bonds. The minimum atomic E-state index is -0.666. The maximum absolute atomic E-state index is 10.8. The standard InChI is InChI=1S/C8H13NO3/c1-8(2,3)12-7(11)5-4-6(9)10/h4-5H,1-3H3,(H2,9,10)/b5-4+. The summed E-state index contributed by atoms with van der Waals surface area (Å²) in [5, 5.41) is 0. The second-order valence-electron chi connectivity index (χ2n) is 3.27. The Labute approximate surface area is 71.4 Å². The number of primary amides is 1. The van der Waals surface area contributed by atoms with E-state index in [1.807, 2.05) is 0 Å². The molecule has 4 heteroatoms. The van der Waals surface area contributed by atoms with Crippen LogP contribution in [0, 0.1) is 0 Å². The molecule has 12 heavy (non-hydrogen) atoms. The van der Waals surface area contributed by atoms with Crippen LogP contribution in [0.5, 0.6) is 0 Å². The van der Waals surface area contributed by atoms with Gasteiger partial charge in [-0.1, -0.05) is 0 Å². The molecule has 0 aliphatic rings. The number of esters is 1. The van der Waals surface area contributed by atoms with Gasteiger partial charge in [-0.15, -0.1) is 0 Å². The van der Waals surface area contributed by atoms with Gasteiger partial charge in [0.15, 0.2) is 0 Å². The van der Waals surface area contributed by atoms with Gasteiger partial charge in [-0.25, -0.2) is 4.79 Å². The fourth-order valence-corrected chi connectivity index (χ4v) is 0.486. The first-order valence-corrected chi connectivity index (χ1v) is 3.52. The lowest BCUT2D eigenvalue weighted by Crippen LogP contribution is -2.22. The summed E-state index contributed by atoms with van der Waals surface area (Å²) < 4.78 is 4.85. The SMILES string of the molecule is CC(C)(C)OC(=O)/C=C/C(N)=O. The van der Waals surface area contributed by atoms with E-state index in [-0.39, 0.29) is 0 Å². The van der Waals surface area contributed by atoms with Crippen LogP contribution in [0.15, 0.2) is 12.2 Å². The first kappa shape index (κ1) is 10.7. The molecule has 0 aromatic carbocycles. The van der Waals surface area contributed by atoms with Crippen molar-refractivity contribution in [3.63, 3.8) is 0 Å². The number of nitrogens with two attached hydrogens (primary N) is 1. The molecule has 0 aromatic heterocycles. The Balaban J connectivity index is 3.99. The molecule has 68 valence electrons. The lowest BCUT2D eigenvalue weighted by atomic mass is 10.2. The Bertz CT molecular complexity index is 213. The number of amides is 1. The van der Waals surface area contributed by atoms with E-state index in [2.05, 4.69) is 0 Å². The van der Waals surface area contributed by atoms with Crippen LogP contribution in [0.4, 0.5) is 0 Å². The van der Waals surface area contributed by atoms with E-state index in [1.54, 1.807) is 20.8 Å². The zero-order valence-corrected chi connectivity index (χ0v) is 7.46. The van der Waals surface area contributed by atoms with Crippen LogP contribution in [0.2, 0.25) is 0 Å². The number of rotatable bonds is 2. The summed E-state index contributed by atoms with van der Waals surface area (Å²) in [5.74, 6) is -1.23. The molecule has 0 unspecified atom stereocenters. The molecule has 2 N–H and O–H groups in total. The van der Waals surface area contributed by atoms with Gasteiger partial charge >= 0.3 is 5.97 Å². The molecule has 0 spiro atoms. The molecular formula is C8H13NO3. The Morgan fingerprint density at radius 1 is 1.25 bits per heavy atom. The smallest absolute Gasteiger partial charge is 0.331 e. The summed E-state index contributed by atoms with van der Waals surface area (Å²) in [4.78, 5) is 21.0. The lowest BCUT2D eigenvalue weighted by Gasteiger charge is -2.17. The van der Waals surface area contributed by atoms with Crippen molar-refractivity contribution in [2.75, 3.05) is 0 Å². The predicted molar refractivity (Wildman–Crippen MR) is 44.2 cm³/mol. The molecule has 0 aromatic rings. The van der Waals surface area contributed by atoms with E-state index in [0.717, 1.165) is 12.2 Å². The van der Waals surface area contributed by atoms with Gasteiger partial charge in [-0.05, 0) is 20.8 Å². The average Bonchev–Trinajstić information content (AvgIpc) is 1.79. The molecule has 0 rings (SSSR count). The first-order valence-electron chi connectivity index (χ1n) is 3.52. The summed E-state index contributed by atoms with van der Waals surface area (Å²) >= 11 is 0. The van der Waals surface area contributed by atoms with E-state index in [0.29, 0.717) is 0 Å². The Hall–Kier alpha value is -1.32. The van der Waals surface area contributed by atoms with Gasteiger partial charge in [0.1, 0.15) is 5.60 Å². The molecule has 4 nitrogen and oxygen atoms in total. The van der Waals surface area contributed by atoms with E-state index < -0.39 is 17.5 Å². The van der Waals surface area contributed by atoms with Gasteiger partial charge in [-0.3, -0.25) is 4.79 Å². The summed E-state index contributed by atoms with van der Waals surface area (Å²) in [6.07, 6.45) is 1.97. The third-order valence-electron chi connectivity index (χ3n) is 0.790. The molecule has 0 radical (unpaired) electrons. The van der Waals surface area contributed by atoms with E-state index >= 15 is 0 Å². The van der Waals surface area contributed by atoms with Gasteiger partial charge in [0.25, 0.3) is 0 Å². The van der Waals surface area contributed by atoms with Crippen molar-refractivity contribution in [2.24, 2.45) is 5.73 Å². The summed E-state index contributed by atoms with van der Waals surface area (Å²) in [6.45, 7) is 5.22. The third kappa shape index (κ3) is 6.80. The maximum atomic E-state index is 10.8. The highest BCUT2D eigenvalue weighted by Gasteiger charge is 2.13. The van der Waals surface area contributed by atoms with Crippen molar-refractivity contribution >= 4 is 11.9 Å². The van der Waals surface area contributed by atoms with E-state index in [4.69, 9.17) is 10.5 Å². The summed E-state index contributed by atoms with van der Waals surface area (Å²) in [6, 6.07) is 0. The Morgan fingerprint density at radius 2 is 1.75 bits per heavy atom. The highest BCUT2D eigenvalue weighted by atomic mass is 16.6. The predicted octanol–water partition coefficient (Wildman–Crippen LogP) is 0.370. The molecule has 0 saturated carbocycles. The van der Waals surface area contributed by atoms with Crippen molar-refractivity contribution in [3.8, 4) is 0 Å². The topological polar surface area (TPSA) is 69.4 Å². The first-order chi connectivity index (χ1) is 5.31. The monoisotopic (exact) mass is 171 g/mol. The number of hydrogen-bond acceptors (Lipinski definition) is 3. The quantitative estimate of drug-likeness (QED) is 0.482. The van der Waals surface area contributed by atoms with Gasteiger partial charge in [0, 0.05) is 12.2 Å². The zero-order chi connectivity index (χ0) is 9.78. The van der Waals surface area contributed by atoms with E-state index in [1.165, 1.54) is 0 Å². The van der Waals surface area contributed by atoms with Crippen LogP contribution < -0.4 is 5.73 Å². The fraction of sp³-hybridized carbons (Fsp3) is 0.500. The van der Waals surface area contributed by atoms with E-state index in [9.17, 15) is 9.59 Å². The largest absolute Gasteiger partial charge is 0.457 e. The van der Waals surface area contributed by atoms with Gasteiger partial charge in [0.05, 0.1) is 0 Å². The molecule has 0 atom stereocenters. The zero-order valence-electron chi connectivity index (χ0n) is 7.46. The number of ether oxygens (including phenoxy) is 1. The Kier molecular flexibility index (Phi) is 3.47. The molecular weight excluding hydrogens is 158 g/mol. The molecule has 0 heterocycles.